The Hall–Kier alpha value is -0.660. The van der Waals surface area contributed by atoms with Gasteiger partial charge < -0.3 is 15.8 Å². The Morgan fingerprint density at radius 3 is 2.47 bits per heavy atom. The monoisotopic (exact) mass is 292 g/mol. The van der Waals surface area contributed by atoms with E-state index >= 15 is 0 Å². The van der Waals surface area contributed by atoms with Crippen molar-refractivity contribution in [3.63, 3.8) is 0 Å². The number of ether oxygens (including phenoxy) is 1. The van der Waals surface area contributed by atoms with E-state index in [4.69, 9.17) is 10.5 Å². The lowest BCUT2D eigenvalue weighted by Crippen LogP contribution is -2.39. The summed E-state index contributed by atoms with van der Waals surface area (Å²) in [5.41, 5.74) is 5.80. The SMILES string of the molecule is CC(C(=O)NCCOC1CCC(N)CC1)S(C)(=O)=O. The molecule has 0 aromatic rings. The zero-order valence-electron chi connectivity index (χ0n) is 11.6. The van der Waals surface area contributed by atoms with Crippen molar-refractivity contribution < 1.29 is 17.9 Å². The Morgan fingerprint density at radius 2 is 1.95 bits per heavy atom. The van der Waals surface area contributed by atoms with E-state index in [-0.39, 0.29) is 12.1 Å². The van der Waals surface area contributed by atoms with Crippen molar-refractivity contribution in [2.24, 2.45) is 5.73 Å². The van der Waals surface area contributed by atoms with Crippen molar-refractivity contribution in [1.29, 1.82) is 0 Å². The lowest BCUT2D eigenvalue weighted by atomic mass is 9.94. The Balaban J connectivity index is 2.16. The molecule has 0 spiro atoms. The normalized spacial score (nSPS) is 25.8. The summed E-state index contributed by atoms with van der Waals surface area (Å²) < 4.78 is 28.0. The van der Waals surface area contributed by atoms with Crippen LogP contribution in [-0.2, 0) is 19.4 Å². The molecule has 1 unspecified atom stereocenters. The van der Waals surface area contributed by atoms with Gasteiger partial charge in [-0.25, -0.2) is 8.42 Å². The molecular weight excluding hydrogens is 268 g/mol. The molecule has 0 aromatic carbocycles. The van der Waals surface area contributed by atoms with Crippen LogP contribution < -0.4 is 11.1 Å². The Morgan fingerprint density at radius 1 is 1.37 bits per heavy atom. The molecule has 0 aromatic heterocycles. The van der Waals surface area contributed by atoms with Gasteiger partial charge in [0.25, 0.3) is 0 Å². The zero-order valence-corrected chi connectivity index (χ0v) is 12.4. The molecule has 1 amide bonds. The first-order valence-corrected chi connectivity index (χ1v) is 8.60. The maximum absolute atomic E-state index is 11.5. The van der Waals surface area contributed by atoms with Crippen LogP contribution in [0, 0.1) is 0 Å². The molecule has 6 nitrogen and oxygen atoms in total. The van der Waals surface area contributed by atoms with Gasteiger partial charge in [-0.15, -0.1) is 0 Å². The summed E-state index contributed by atoms with van der Waals surface area (Å²) in [5, 5.41) is 1.56. The predicted molar refractivity (Wildman–Crippen MR) is 73.5 cm³/mol. The van der Waals surface area contributed by atoms with Crippen LogP contribution in [0.25, 0.3) is 0 Å². The first-order valence-electron chi connectivity index (χ1n) is 6.64. The second-order valence-corrected chi connectivity index (χ2v) is 7.54. The molecule has 1 fully saturated rings. The van der Waals surface area contributed by atoms with E-state index in [9.17, 15) is 13.2 Å². The largest absolute Gasteiger partial charge is 0.376 e. The van der Waals surface area contributed by atoms with Crippen LogP contribution in [0.3, 0.4) is 0 Å². The number of rotatable bonds is 6. The summed E-state index contributed by atoms with van der Waals surface area (Å²) in [6.45, 7) is 2.12. The van der Waals surface area contributed by atoms with E-state index in [1.165, 1.54) is 6.92 Å². The van der Waals surface area contributed by atoms with Crippen molar-refractivity contribution in [2.45, 2.75) is 50.0 Å². The Kier molecular flexibility index (Phi) is 6.22. The molecule has 19 heavy (non-hydrogen) atoms. The third-order valence-corrected chi connectivity index (χ3v) is 4.98. The predicted octanol–water partition coefficient (Wildman–Crippen LogP) is -0.178. The number of sulfone groups is 1. The van der Waals surface area contributed by atoms with Gasteiger partial charge in [-0.3, -0.25) is 4.79 Å². The molecule has 0 bridgehead atoms. The van der Waals surface area contributed by atoms with Crippen LogP contribution in [0.4, 0.5) is 0 Å². The molecule has 0 radical (unpaired) electrons. The molecule has 0 saturated heterocycles. The topological polar surface area (TPSA) is 98.5 Å². The first kappa shape index (κ1) is 16.4. The van der Waals surface area contributed by atoms with Gasteiger partial charge in [0.05, 0.1) is 12.7 Å². The van der Waals surface area contributed by atoms with Gasteiger partial charge >= 0.3 is 0 Å². The highest BCUT2D eigenvalue weighted by Crippen LogP contribution is 2.19. The molecule has 3 N–H and O–H groups in total. The van der Waals surface area contributed by atoms with Crippen LogP contribution in [0.2, 0.25) is 0 Å². The van der Waals surface area contributed by atoms with Gasteiger partial charge in [-0.2, -0.15) is 0 Å². The average Bonchev–Trinajstić information content (AvgIpc) is 2.34. The molecule has 1 aliphatic carbocycles. The van der Waals surface area contributed by atoms with Crippen LogP contribution in [0.5, 0.6) is 0 Å². The van der Waals surface area contributed by atoms with Crippen molar-refractivity contribution in [3.05, 3.63) is 0 Å². The number of carbonyl (C=O) groups is 1. The fraction of sp³-hybridized carbons (Fsp3) is 0.917. The molecular formula is C12H24N2O4S. The van der Waals surface area contributed by atoms with Crippen LogP contribution in [-0.4, -0.2) is 51.1 Å². The van der Waals surface area contributed by atoms with Crippen LogP contribution in [0.15, 0.2) is 0 Å². The Bertz CT molecular complexity index is 389. The van der Waals surface area contributed by atoms with E-state index < -0.39 is 21.0 Å². The van der Waals surface area contributed by atoms with Gasteiger partial charge in [0.15, 0.2) is 9.84 Å². The van der Waals surface area contributed by atoms with E-state index in [1.54, 1.807) is 0 Å². The highest BCUT2D eigenvalue weighted by atomic mass is 32.2. The number of nitrogens with two attached hydrogens (primary N) is 1. The summed E-state index contributed by atoms with van der Waals surface area (Å²) in [7, 11) is -3.33. The molecule has 1 aliphatic rings. The molecule has 0 heterocycles. The average molecular weight is 292 g/mol. The van der Waals surface area contributed by atoms with Crippen LogP contribution in [0.1, 0.15) is 32.6 Å². The lowest BCUT2D eigenvalue weighted by Gasteiger charge is -2.26. The Labute approximate surface area is 115 Å². The van der Waals surface area contributed by atoms with Crippen molar-refractivity contribution in [2.75, 3.05) is 19.4 Å². The standard InChI is InChI=1S/C12H24N2O4S/c1-9(19(2,16)17)12(15)14-7-8-18-11-5-3-10(13)4-6-11/h9-11H,3-8,13H2,1-2H3,(H,14,15). The van der Waals surface area contributed by atoms with Crippen molar-refractivity contribution >= 4 is 15.7 Å². The number of carbonyl (C=O) groups excluding carboxylic acids is 1. The number of amides is 1. The third kappa shape index (κ3) is 5.88. The van der Waals surface area contributed by atoms with Gasteiger partial charge in [0, 0.05) is 18.8 Å². The maximum Gasteiger partial charge on any atom is 0.238 e. The minimum Gasteiger partial charge on any atom is -0.376 e. The van der Waals surface area contributed by atoms with Crippen molar-refractivity contribution in [1.82, 2.24) is 5.32 Å². The van der Waals surface area contributed by atoms with Gasteiger partial charge in [-0.1, -0.05) is 0 Å². The molecule has 0 aliphatic heterocycles. The highest BCUT2D eigenvalue weighted by molar-refractivity contribution is 7.92. The summed E-state index contributed by atoms with van der Waals surface area (Å²) in [5.74, 6) is -0.475. The van der Waals surface area contributed by atoms with E-state index in [2.05, 4.69) is 5.32 Å². The molecule has 1 rings (SSSR count). The fourth-order valence-electron chi connectivity index (χ4n) is 1.99. The summed E-state index contributed by atoms with van der Waals surface area (Å²) >= 11 is 0. The second kappa shape index (κ2) is 7.21. The minimum absolute atomic E-state index is 0.212. The van der Waals surface area contributed by atoms with Crippen molar-refractivity contribution in [3.8, 4) is 0 Å². The quantitative estimate of drug-likeness (QED) is 0.662. The molecule has 7 heteroatoms. The second-order valence-electron chi connectivity index (χ2n) is 5.17. The smallest absolute Gasteiger partial charge is 0.238 e. The maximum atomic E-state index is 11.5. The molecule has 1 saturated carbocycles. The lowest BCUT2D eigenvalue weighted by molar-refractivity contribution is -0.120. The van der Waals surface area contributed by atoms with E-state index in [0.29, 0.717) is 13.2 Å². The number of nitrogens with one attached hydrogen (secondary N) is 1. The van der Waals surface area contributed by atoms with E-state index in [0.717, 1.165) is 31.9 Å². The first-order chi connectivity index (χ1) is 8.80. The summed E-state index contributed by atoms with van der Waals surface area (Å²) in [6, 6.07) is 0.287. The molecule has 112 valence electrons. The van der Waals surface area contributed by atoms with Crippen LogP contribution >= 0.6 is 0 Å². The highest BCUT2D eigenvalue weighted by Gasteiger charge is 2.23. The third-order valence-electron chi connectivity index (χ3n) is 3.49. The number of hydrogen-bond acceptors (Lipinski definition) is 5. The number of hydrogen-bond donors (Lipinski definition) is 2. The van der Waals surface area contributed by atoms with Gasteiger partial charge in [0.1, 0.15) is 5.25 Å². The zero-order chi connectivity index (χ0) is 14.5. The van der Waals surface area contributed by atoms with Gasteiger partial charge in [0.2, 0.25) is 5.91 Å². The van der Waals surface area contributed by atoms with Gasteiger partial charge in [-0.05, 0) is 32.6 Å². The summed E-state index contributed by atoms with van der Waals surface area (Å²) in [4.78, 5) is 11.5. The minimum atomic E-state index is -3.33. The molecule has 1 atom stereocenters. The fourth-order valence-corrected chi connectivity index (χ4v) is 2.47. The van der Waals surface area contributed by atoms with E-state index in [1.807, 2.05) is 0 Å². The summed E-state index contributed by atoms with van der Waals surface area (Å²) in [6.07, 6.45) is 5.12.